The minimum absolute atomic E-state index is 0.122. The first kappa shape index (κ1) is 14.5. The first-order valence-corrected chi connectivity index (χ1v) is 7.72. The summed E-state index contributed by atoms with van der Waals surface area (Å²) >= 11 is 5.91. The molecule has 1 aliphatic rings. The molecule has 1 N–H and O–H groups in total. The summed E-state index contributed by atoms with van der Waals surface area (Å²) in [5.41, 5.74) is -0.324. The molecule has 0 radical (unpaired) electrons. The van der Waals surface area contributed by atoms with Gasteiger partial charge >= 0.3 is 0 Å². The second-order valence-electron chi connectivity index (χ2n) is 6.25. The number of fused-ring (bicyclic) bond motifs is 1. The van der Waals surface area contributed by atoms with Crippen molar-refractivity contribution in [2.24, 2.45) is 5.92 Å². The van der Waals surface area contributed by atoms with Gasteiger partial charge in [-0.05, 0) is 49.8 Å². The molecule has 21 heavy (non-hydrogen) atoms. The second-order valence-corrected chi connectivity index (χ2v) is 6.68. The molecule has 0 aliphatic heterocycles. The van der Waals surface area contributed by atoms with Crippen LogP contribution in [0.15, 0.2) is 29.3 Å². The molecule has 0 amide bonds. The molecule has 0 unspecified atom stereocenters. The first-order valence-electron chi connectivity index (χ1n) is 7.34. The Kier molecular flexibility index (Phi) is 3.76. The molecular weight excluding hydrogens is 288 g/mol. The van der Waals surface area contributed by atoms with Crippen molar-refractivity contribution >= 4 is 22.5 Å². The molecule has 2 aromatic rings. The summed E-state index contributed by atoms with van der Waals surface area (Å²) in [6.07, 6.45) is 4.99. The molecule has 0 spiro atoms. The van der Waals surface area contributed by atoms with Gasteiger partial charge < -0.3 is 5.11 Å². The number of halogens is 1. The van der Waals surface area contributed by atoms with Crippen LogP contribution < -0.4 is 5.56 Å². The minimum Gasteiger partial charge on any atom is -0.388 e. The fourth-order valence-corrected chi connectivity index (χ4v) is 3.19. The van der Waals surface area contributed by atoms with Gasteiger partial charge in [0.25, 0.3) is 5.56 Å². The van der Waals surface area contributed by atoms with Crippen molar-refractivity contribution in [3.8, 4) is 0 Å². The van der Waals surface area contributed by atoms with Crippen LogP contribution in [0.5, 0.6) is 0 Å². The lowest BCUT2D eigenvalue weighted by Crippen LogP contribution is -2.41. The summed E-state index contributed by atoms with van der Waals surface area (Å²) in [6.45, 7) is 2.51. The quantitative estimate of drug-likeness (QED) is 0.928. The smallest absolute Gasteiger partial charge is 0.261 e. The van der Waals surface area contributed by atoms with Gasteiger partial charge in [-0.2, -0.15) is 0 Å². The summed E-state index contributed by atoms with van der Waals surface area (Å²) in [5, 5.41) is 11.8. The zero-order chi connectivity index (χ0) is 15.0. The summed E-state index contributed by atoms with van der Waals surface area (Å²) in [6, 6.07) is 5.06. The van der Waals surface area contributed by atoms with E-state index in [2.05, 4.69) is 11.9 Å². The molecule has 5 heteroatoms. The number of aliphatic hydroxyl groups is 1. The predicted molar refractivity (Wildman–Crippen MR) is 83.6 cm³/mol. The molecule has 0 saturated heterocycles. The maximum Gasteiger partial charge on any atom is 0.261 e. The monoisotopic (exact) mass is 306 g/mol. The van der Waals surface area contributed by atoms with Crippen LogP contribution in [-0.4, -0.2) is 20.3 Å². The van der Waals surface area contributed by atoms with Crippen molar-refractivity contribution < 1.29 is 5.11 Å². The van der Waals surface area contributed by atoms with Crippen molar-refractivity contribution in [2.45, 2.75) is 44.8 Å². The van der Waals surface area contributed by atoms with Crippen LogP contribution in [-0.2, 0) is 6.54 Å². The lowest BCUT2D eigenvalue weighted by Gasteiger charge is -2.35. The third-order valence-corrected chi connectivity index (χ3v) is 4.69. The van der Waals surface area contributed by atoms with E-state index in [1.54, 1.807) is 18.2 Å². The molecule has 1 saturated carbocycles. The van der Waals surface area contributed by atoms with Crippen molar-refractivity contribution in [1.29, 1.82) is 0 Å². The highest BCUT2D eigenvalue weighted by Crippen LogP contribution is 2.32. The average Bonchev–Trinajstić information content (AvgIpc) is 2.46. The zero-order valence-corrected chi connectivity index (χ0v) is 12.8. The number of hydrogen-bond acceptors (Lipinski definition) is 3. The summed E-state index contributed by atoms with van der Waals surface area (Å²) < 4.78 is 1.52. The van der Waals surface area contributed by atoms with Gasteiger partial charge in [-0.3, -0.25) is 9.36 Å². The standard InChI is InChI=1S/C16H19ClN2O2/c1-11-4-6-16(21,7-5-11)9-19-10-18-14-8-12(17)2-3-13(14)15(19)20/h2-3,8,10-11,21H,4-7,9H2,1H3. The fourth-order valence-electron chi connectivity index (χ4n) is 3.02. The van der Waals surface area contributed by atoms with E-state index in [1.807, 2.05) is 0 Å². The highest BCUT2D eigenvalue weighted by molar-refractivity contribution is 6.31. The Balaban J connectivity index is 1.93. The maximum absolute atomic E-state index is 12.5. The van der Waals surface area contributed by atoms with Crippen LogP contribution in [0.4, 0.5) is 0 Å². The van der Waals surface area contributed by atoms with Gasteiger partial charge in [0.15, 0.2) is 0 Å². The van der Waals surface area contributed by atoms with Gasteiger partial charge in [0.2, 0.25) is 0 Å². The van der Waals surface area contributed by atoms with Gasteiger partial charge in [0.1, 0.15) is 0 Å². The Labute approximate surface area is 128 Å². The van der Waals surface area contributed by atoms with Crippen LogP contribution in [0, 0.1) is 5.92 Å². The highest BCUT2D eigenvalue weighted by Gasteiger charge is 2.32. The average molecular weight is 307 g/mol. The Morgan fingerprint density at radius 3 is 2.86 bits per heavy atom. The van der Waals surface area contributed by atoms with Crippen molar-refractivity contribution in [2.75, 3.05) is 0 Å². The number of benzene rings is 1. The van der Waals surface area contributed by atoms with Gasteiger partial charge in [-0.1, -0.05) is 18.5 Å². The Morgan fingerprint density at radius 1 is 1.43 bits per heavy atom. The molecule has 1 aliphatic carbocycles. The molecule has 112 valence electrons. The summed E-state index contributed by atoms with van der Waals surface area (Å²) in [4.78, 5) is 16.8. The van der Waals surface area contributed by atoms with Gasteiger partial charge in [0.05, 0.1) is 29.4 Å². The second kappa shape index (κ2) is 5.43. The summed E-state index contributed by atoms with van der Waals surface area (Å²) in [7, 11) is 0. The van der Waals surface area contributed by atoms with E-state index in [-0.39, 0.29) is 5.56 Å². The van der Waals surface area contributed by atoms with Gasteiger partial charge in [0, 0.05) is 5.02 Å². The Bertz CT molecular complexity index is 718. The molecule has 1 aromatic carbocycles. The molecule has 0 bridgehead atoms. The normalized spacial score (nSPS) is 26.1. The first-order chi connectivity index (χ1) is 9.97. The van der Waals surface area contributed by atoms with E-state index in [0.29, 0.717) is 28.4 Å². The summed E-state index contributed by atoms with van der Waals surface area (Å²) in [5.74, 6) is 0.652. The molecule has 1 heterocycles. The number of rotatable bonds is 2. The third-order valence-electron chi connectivity index (χ3n) is 4.46. The van der Waals surface area contributed by atoms with Crippen LogP contribution in [0.1, 0.15) is 32.6 Å². The number of hydrogen-bond donors (Lipinski definition) is 1. The van der Waals surface area contributed by atoms with E-state index in [1.165, 1.54) is 10.9 Å². The Hall–Kier alpha value is -1.39. The molecule has 0 atom stereocenters. The molecule has 1 fully saturated rings. The van der Waals surface area contributed by atoms with E-state index in [0.717, 1.165) is 25.7 Å². The number of aromatic nitrogens is 2. The van der Waals surface area contributed by atoms with E-state index < -0.39 is 5.60 Å². The van der Waals surface area contributed by atoms with Crippen LogP contribution in [0.3, 0.4) is 0 Å². The zero-order valence-electron chi connectivity index (χ0n) is 12.1. The lowest BCUT2D eigenvalue weighted by molar-refractivity contribution is -0.0225. The van der Waals surface area contributed by atoms with E-state index in [9.17, 15) is 9.90 Å². The van der Waals surface area contributed by atoms with E-state index in [4.69, 9.17) is 11.6 Å². The minimum atomic E-state index is -0.794. The molecule has 1 aromatic heterocycles. The largest absolute Gasteiger partial charge is 0.388 e. The van der Waals surface area contributed by atoms with Crippen molar-refractivity contribution in [3.05, 3.63) is 39.9 Å². The third kappa shape index (κ3) is 2.97. The predicted octanol–water partition coefficient (Wildman–Crippen LogP) is 2.99. The fraction of sp³-hybridized carbons (Fsp3) is 0.500. The van der Waals surface area contributed by atoms with E-state index >= 15 is 0 Å². The van der Waals surface area contributed by atoms with Crippen molar-refractivity contribution in [1.82, 2.24) is 9.55 Å². The van der Waals surface area contributed by atoms with Gasteiger partial charge in [-0.15, -0.1) is 0 Å². The van der Waals surface area contributed by atoms with Crippen LogP contribution in [0.25, 0.3) is 10.9 Å². The SMILES string of the molecule is CC1CCC(O)(Cn2cnc3cc(Cl)ccc3c2=O)CC1. The van der Waals surface area contributed by atoms with Gasteiger partial charge in [-0.25, -0.2) is 4.98 Å². The number of nitrogens with zero attached hydrogens (tertiary/aromatic N) is 2. The highest BCUT2D eigenvalue weighted by atomic mass is 35.5. The lowest BCUT2D eigenvalue weighted by atomic mass is 9.79. The van der Waals surface area contributed by atoms with Crippen LogP contribution in [0.2, 0.25) is 5.02 Å². The topological polar surface area (TPSA) is 55.1 Å². The molecular formula is C16H19ClN2O2. The van der Waals surface area contributed by atoms with Crippen molar-refractivity contribution in [3.63, 3.8) is 0 Å². The van der Waals surface area contributed by atoms with Crippen LogP contribution >= 0.6 is 11.6 Å². The Morgan fingerprint density at radius 2 is 2.14 bits per heavy atom. The molecule has 3 rings (SSSR count). The maximum atomic E-state index is 12.5. The molecule has 4 nitrogen and oxygen atoms in total.